The standard InChI is InChI=1S/C14H21N3/c1-2-3-4-14(13-5-7-15-8-6-13)17-11-9-16-10-12-17/h2,5-8,14,16H,1,3-4,9-12H2/t14-/m1/s1. The van der Waals surface area contributed by atoms with Gasteiger partial charge in [-0.25, -0.2) is 0 Å². The zero-order valence-electron chi connectivity index (χ0n) is 10.3. The number of pyridine rings is 1. The lowest BCUT2D eigenvalue weighted by Crippen LogP contribution is -2.45. The second kappa shape index (κ2) is 6.52. The Labute approximate surface area is 104 Å². The molecule has 0 aromatic carbocycles. The molecular weight excluding hydrogens is 210 g/mol. The molecule has 1 N–H and O–H groups in total. The van der Waals surface area contributed by atoms with Gasteiger partial charge in [0.05, 0.1) is 0 Å². The second-order valence-electron chi connectivity index (χ2n) is 4.45. The van der Waals surface area contributed by atoms with Crippen molar-refractivity contribution >= 4 is 0 Å². The van der Waals surface area contributed by atoms with Gasteiger partial charge < -0.3 is 5.32 Å². The number of nitrogens with zero attached hydrogens (tertiary/aromatic N) is 2. The van der Waals surface area contributed by atoms with E-state index in [9.17, 15) is 0 Å². The van der Waals surface area contributed by atoms with Gasteiger partial charge in [-0.1, -0.05) is 6.08 Å². The maximum Gasteiger partial charge on any atom is 0.0353 e. The van der Waals surface area contributed by atoms with Gasteiger partial charge in [-0.3, -0.25) is 9.88 Å². The van der Waals surface area contributed by atoms with Crippen LogP contribution in [0, 0.1) is 0 Å². The summed E-state index contributed by atoms with van der Waals surface area (Å²) in [4.78, 5) is 6.67. The van der Waals surface area contributed by atoms with Crippen molar-refractivity contribution in [3.63, 3.8) is 0 Å². The van der Waals surface area contributed by atoms with Crippen molar-refractivity contribution in [3.05, 3.63) is 42.7 Å². The number of hydrogen-bond acceptors (Lipinski definition) is 3. The molecule has 1 fully saturated rings. The first-order valence-electron chi connectivity index (χ1n) is 6.37. The first-order valence-corrected chi connectivity index (χ1v) is 6.37. The number of aromatic nitrogens is 1. The van der Waals surface area contributed by atoms with E-state index in [1.807, 2.05) is 18.5 Å². The number of rotatable bonds is 5. The molecule has 0 saturated carbocycles. The minimum absolute atomic E-state index is 0.512. The molecule has 92 valence electrons. The Kier molecular flexibility index (Phi) is 4.71. The zero-order valence-corrected chi connectivity index (χ0v) is 10.3. The minimum atomic E-state index is 0.512. The Hall–Kier alpha value is -1.19. The first-order chi connectivity index (χ1) is 8.42. The summed E-state index contributed by atoms with van der Waals surface area (Å²) in [7, 11) is 0. The van der Waals surface area contributed by atoms with Crippen LogP contribution in [0.2, 0.25) is 0 Å². The van der Waals surface area contributed by atoms with Crippen LogP contribution in [-0.2, 0) is 0 Å². The maximum atomic E-state index is 4.10. The van der Waals surface area contributed by atoms with Crippen LogP contribution in [-0.4, -0.2) is 36.1 Å². The van der Waals surface area contributed by atoms with Crippen LogP contribution in [0.15, 0.2) is 37.2 Å². The molecule has 0 bridgehead atoms. The molecule has 3 nitrogen and oxygen atoms in total. The average molecular weight is 231 g/mol. The Morgan fingerprint density at radius 2 is 2.06 bits per heavy atom. The molecule has 17 heavy (non-hydrogen) atoms. The Morgan fingerprint density at radius 3 is 2.71 bits per heavy atom. The monoisotopic (exact) mass is 231 g/mol. The van der Waals surface area contributed by atoms with E-state index in [0.29, 0.717) is 6.04 Å². The van der Waals surface area contributed by atoms with E-state index >= 15 is 0 Å². The van der Waals surface area contributed by atoms with Gasteiger partial charge in [-0.15, -0.1) is 6.58 Å². The van der Waals surface area contributed by atoms with Crippen molar-refractivity contribution in [2.24, 2.45) is 0 Å². The topological polar surface area (TPSA) is 28.2 Å². The van der Waals surface area contributed by atoms with Gasteiger partial charge in [0.2, 0.25) is 0 Å². The summed E-state index contributed by atoms with van der Waals surface area (Å²) in [5.41, 5.74) is 1.38. The van der Waals surface area contributed by atoms with Crippen LogP contribution in [0.5, 0.6) is 0 Å². The largest absolute Gasteiger partial charge is 0.314 e. The van der Waals surface area contributed by atoms with Crippen LogP contribution in [0.4, 0.5) is 0 Å². The predicted octanol–water partition coefficient (Wildman–Crippen LogP) is 1.99. The summed E-state index contributed by atoms with van der Waals surface area (Å²) in [6.07, 6.45) is 8.00. The highest BCUT2D eigenvalue weighted by Crippen LogP contribution is 2.25. The molecule has 1 aromatic rings. The SMILES string of the molecule is C=CCC[C@H](c1ccncc1)N1CCNCC1. The van der Waals surface area contributed by atoms with Crippen molar-refractivity contribution in [1.29, 1.82) is 0 Å². The molecule has 1 aliphatic heterocycles. The van der Waals surface area contributed by atoms with E-state index in [0.717, 1.165) is 39.0 Å². The van der Waals surface area contributed by atoms with E-state index in [4.69, 9.17) is 0 Å². The van der Waals surface area contributed by atoms with Gasteiger partial charge in [-0.05, 0) is 30.5 Å². The number of piperazine rings is 1. The molecule has 1 saturated heterocycles. The van der Waals surface area contributed by atoms with Gasteiger partial charge in [-0.2, -0.15) is 0 Å². The minimum Gasteiger partial charge on any atom is -0.314 e. The fourth-order valence-electron chi connectivity index (χ4n) is 2.42. The number of allylic oxidation sites excluding steroid dienone is 1. The van der Waals surface area contributed by atoms with Crippen molar-refractivity contribution in [1.82, 2.24) is 15.2 Å². The number of nitrogens with one attached hydrogen (secondary N) is 1. The van der Waals surface area contributed by atoms with Gasteiger partial charge in [0.15, 0.2) is 0 Å². The smallest absolute Gasteiger partial charge is 0.0353 e. The molecule has 1 atom stereocenters. The van der Waals surface area contributed by atoms with E-state index in [2.05, 4.69) is 33.9 Å². The van der Waals surface area contributed by atoms with E-state index in [-0.39, 0.29) is 0 Å². The maximum absolute atomic E-state index is 4.10. The normalized spacial score (nSPS) is 18.8. The molecule has 0 aliphatic carbocycles. The summed E-state index contributed by atoms with van der Waals surface area (Å²) in [5, 5.41) is 3.40. The second-order valence-corrected chi connectivity index (χ2v) is 4.45. The quantitative estimate of drug-likeness (QED) is 0.786. The summed E-state index contributed by atoms with van der Waals surface area (Å²) in [6.45, 7) is 8.27. The van der Waals surface area contributed by atoms with Crippen LogP contribution >= 0.6 is 0 Å². The lowest BCUT2D eigenvalue weighted by Gasteiger charge is -2.35. The van der Waals surface area contributed by atoms with Crippen LogP contribution in [0.1, 0.15) is 24.4 Å². The van der Waals surface area contributed by atoms with Crippen molar-refractivity contribution in [2.75, 3.05) is 26.2 Å². The molecule has 0 unspecified atom stereocenters. The average Bonchev–Trinajstić information content (AvgIpc) is 2.42. The Balaban J connectivity index is 2.09. The van der Waals surface area contributed by atoms with Gasteiger partial charge >= 0.3 is 0 Å². The fraction of sp³-hybridized carbons (Fsp3) is 0.500. The highest BCUT2D eigenvalue weighted by Gasteiger charge is 2.21. The van der Waals surface area contributed by atoms with Crippen LogP contribution in [0.3, 0.4) is 0 Å². The third-order valence-corrected chi connectivity index (χ3v) is 3.33. The van der Waals surface area contributed by atoms with Crippen molar-refractivity contribution in [3.8, 4) is 0 Å². The Bertz CT molecular complexity index is 331. The van der Waals surface area contributed by atoms with Crippen molar-refractivity contribution < 1.29 is 0 Å². The molecule has 1 aromatic heterocycles. The highest BCUT2D eigenvalue weighted by molar-refractivity contribution is 5.15. The summed E-state index contributed by atoms with van der Waals surface area (Å²) in [6, 6.07) is 4.78. The number of hydrogen-bond donors (Lipinski definition) is 1. The summed E-state index contributed by atoms with van der Waals surface area (Å²) in [5.74, 6) is 0. The molecule has 2 rings (SSSR count). The summed E-state index contributed by atoms with van der Waals surface area (Å²) >= 11 is 0. The van der Waals surface area contributed by atoms with E-state index in [1.165, 1.54) is 5.56 Å². The Morgan fingerprint density at radius 1 is 1.35 bits per heavy atom. The molecule has 0 radical (unpaired) electrons. The van der Waals surface area contributed by atoms with E-state index < -0.39 is 0 Å². The molecular formula is C14H21N3. The fourth-order valence-corrected chi connectivity index (χ4v) is 2.42. The zero-order chi connectivity index (χ0) is 11.9. The highest BCUT2D eigenvalue weighted by atomic mass is 15.2. The van der Waals surface area contributed by atoms with Gasteiger partial charge in [0.25, 0.3) is 0 Å². The predicted molar refractivity (Wildman–Crippen MR) is 70.9 cm³/mol. The molecule has 2 heterocycles. The molecule has 0 amide bonds. The lowest BCUT2D eigenvalue weighted by atomic mass is 10.0. The third kappa shape index (κ3) is 3.38. The lowest BCUT2D eigenvalue weighted by molar-refractivity contribution is 0.166. The molecule has 3 heteroatoms. The summed E-state index contributed by atoms with van der Waals surface area (Å²) < 4.78 is 0. The van der Waals surface area contributed by atoms with Crippen LogP contribution < -0.4 is 5.32 Å². The third-order valence-electron chi connectivity index (χ3n) is 3.33. The first kappa shape index (κ1) is 12.3. The van der Waals surface area contributed by atoms with Crippen LogP contribution in [0.25, 0.3) is 0 Å². The van der Waals surface area contributed by atoms with Crippen molar-refractivity contribution in [2.45, 2.75) is 18.9 Å². The van der Waals surface area contributed by atoms with Gasteiger partial charge in [0, 0.05) is 44.6 Å². The molecule has 0 spiro atoms. The van der Waals surface area contributed by atoms with Gasteiger partial charge in [0.1, 0.15) is 0 Å². The van der Waals surface area contributed by atoms with E-state index in [1.54, 1.807) is 0 Å². The molecule has 1 aliphatic rings.